The maximum Gasteiger partial charge on any atom is 0.244 e. The van der Waals surface area contributed by atoms with Gasteiger partial charge >= 0.3 is 0 Å². The molecule has 114 valence electrons. The van der Waals surface area contributed by atoms with Crippen LogP contribution in [0, 0.1) is 5.92 Å². The lowest BCUT2D eigenvalue weighted by atomic mass is 10.2. The fraction of sp³-hybridized carbons (Fsp3) is 0.714. The van der Waals surface area contributed by atoms with Gasteiger partial charge in [-0.3, -0.25) is 0 Å². The zero-order chi connectivity index (χ0) is 14.8. The van der Waals surface area contributed by atoms with Crippen molar-refractivity contribution in [3.8, 4) is 0 Å². The number of hydrogen-bond acceptors (Lipinski definition) is 3. The Hall–Kier alpha value is -0.850. The molecule has 1 saturated heterocycles. The highest BCUT2D eigenvalue weighted by atomic mass is 32.2. The maximum absolute atomic E-state index is 12.6. The number of nitrogens with zero attached hydrogens (tertiary/aromatic N) is 2. The third-order valence-electron chi connectivity index (χ3n) is 3.84. The Labute approximate surface area is 122 Å². The molecule has 0 bridgehead atoms. The van der Waals surface area contributed by atoms with Gasteiger partial charge in [0.25, 0.3) is 0 Å². The van der Waals surface area contributed by atoms with Crippen LogP contribution in [0.5, 0.6) is 0 Å². The minimum Gasteiger partial charge on any atom is -0.352 e. The van der Waals surface area contributed by atoms with E-state index >= 15 is 0 Å². The zero-order valence-corrected chi connectivity index (χ0v) is 13.4. The summed E-state index contributed by atoms with van der Waals surface area (Å²) in [6.45, 7) is 7.14. The Balaban J connectivity index is 2.14. The molecule has 1 aliphatic heterocycles. The van der Waals surface area contributed by atoms with Crippen molar-refractivity contribution in [1.29, 1.82) is 0 Å². The first-order valence-corrected chi connectivity index (χ1v) is 8.75. The SMILES string of the molecule is CCCNCc1cc(S(=O)(=O)N2CCC(C)C2)cn1C. The lowest BCUT2D eigenvalue weighted by molar-refractivity contribution is 0.464. The second-order valence-electron chi connectivity index (χ2n) is 5.71. The smallest absolute Gasteiger partial charge is 0.244 e. The molecule has 1 N–H and O–H groups in total. The first-order chi connectivity index (χ1) is 9.45. The largest absolute Gasteiger partial charge is 0.352 e. The van der Waals surface area contributed by atoms with Crippen LogP contribution in [0.25, 0.3) is 0 Å². The van der Waals surface area contributed by atoms with E-state index < -0.39 is 10.0 Å². The van der Waals surface area contributed by atoms with Crippen LogP contribution >= 0.6 is 0 Å². The standard InChI is InChI=1S/C14H25N3O2S/c1-4-6-15-9-13-8-14(11-16(13)3)20(18,19)17-7-5-12(2)10-17/h8,11-12,15H,4-7,9-10H2,1-3H3. The van der Waals surface area contributed by atoms with Gasteiger partial charge < -0.3 is 9.88 Å². The Kier molecular flexibility index (Phi) is 4.88. The highest BCUT2D eigenvalue weighted by Crippen LogP contribution is 2.25. The second kappa shape index (κ2) is 6.28. The summed E-state index contributed by atoms with van der Waals surface area (Å²) in [4.78, 5) is 0.419. The summed E-state index contributed by atoms with van der Waals surface area (Å²) >= 11 is 0. The molecule has 2 rings (SSSR count). The van der Waals surface area contributed by atoms with E-state index in [-0.39, 0.29) is 0 Å². The molecular weight excluding hydrogens is 274 g/mol. The van der Waals surface area contributed by atoms with Crippen LogP contribution in [0.15, 0.2) is 17.2 Å². The van der Waals surface area contributed by atoms with E-state index in [1.165, 1.54) is 0 Å². The molecule has 1 aromatic rings. The van der Waals surface area contributed by atoms with Gasteiger partial charge in [-0.15, -0.1) is 0 Å². The molecule has 0 aliphatic carbocycles. The van der Waals surface area contributed by atoms with Gasteiger partial charge in [0.1, 0.15) is 4.90 Å². The van der Waals surface area contributed by atoms with Crippen LogP contribution in [-0.2, 0) is 23.6 Å². The van der Waals surface area contributed by atoms with Gasteiger partial charge in [-0.05, 0) is 31.4 Å². The third-order valence-corrected chi connectivity index (χ3v) is 5.67. The van der Waals surface area contributed by atoms with Crippen LogP contribution in [0.1, 0.15) is 32.4 Å². The number of nitrogens with one attached hydrogen (secondary N) is 1. The molecule has 5 nitrogen and oxygen atoms in total. The molecule has 1 aliphatic rings. The molecule has 1 atom stereocenters. The molecule has 1 aromatic heterocycles. The normalized spacial score (nSPS) is 20.6. The molecule has 0 aromatic carbocycles. The predicted molar refractivity (Wildman–Crippen MR) is 80.0 cm³/mol. The molecule has 0 amide bonds. The first kappa shape index (κ1) is 15.5. The van der Waals surface area contributed by atoms with E-state index in [9.17, 15) is 8.42 Å². The van der Waals surface area contributed by atoms with Crippen LogP contribution < -0.4 is 5.32 Å². The lowest BCUT2D eigenvalue weighted by Gasteiger charge is -2.14. The zero-order valence-electron chi connectivity index (χ0n) is 12.6. The number of sulfonamides is 1. The quantitative estimate of drug-likeness (QED) is 0.811. The van der Waals surface area contributed by atoms with Gasteiger partial charge in [0, 0.05) is 38.6 Å². The van der Waals surface area contributed by atoms with E-state index in [2.05, 4.69) is 19.2 Å². The molecule has 20 heavy (non-hydrogen) atoms. The van der Waals surface area contributed by atoms with Gasteiger partial charge in [0.2, 0.25) is 10.0 Å². The van der Waals surface area contributed by atoms with Crippen LogP contribution in [0.3, 0.4) is 0 Å². The van der Waals surface area contributed by atoms with E-state index in [1.54, 1.807) is 16.6 Å². The Morgan fingerprint density at radius 3 is 2.80 bits per heavy atom. The summed E-state index contributed by atoms with van der Waals surface area (Å²) in [5, 5.41) is 3.30. The summed E-state index contributed by atoms with van der Waals surface area (Å²) in [5.41, 5.74) is 1.00. The summed E-state index contributed by atoms with van der Waals surface area (Å²) in [6, 6.07) is 1.79. The van der Waals surface area contributed by atoms with Crippen molar-refractivity contribution >= 4 is 10.0 Å². The highest BCUT2D eigenvalue weighted by Gasteiger charge is 2.31. The molecule has 0 radical (unpaired) electrons. The Morgan fingerprint density at radius 2 is 2.20 bits per heavy atom. The minimum atomic E-state index is -3.32. The Bertz CT molecular complexity index is 551. The van der Waals surface area contributed by atoms with Crippen molar-refractivity contribution in [2.75, 3.05) is 19.6 Å². The summed E-state index contributed by atoms with van der Waals surface area (Å²) in [7, 11) is -1.42. The van der Waals surface area contributed by atoms with E-state index in [0.717, 1.165) is 25.1 Å². The van der Waals surface area contributed by atoms with E-state index in [0.29, 0.717) is 30.4 Å². The van der Waals surface area contributed by atoms with Gasteiger partial charge in [-0.2, -0.15) is 4.31 Å². The van der Waals surface area contributed by atoms with Crippen LogP contribution in [0.4, 0.5) is 0 Å². The van der Waals surface area contributed by atoms with Crippen molar-refractivity contribution in [1.82, 2.24) is 14.2 Å². The lowest BCUT2D eigenvalue weighted by Crippen LogP contribution is -2.28. The minimum absolute atomic E-state index is 0.419. The molecular formula is C14H25N3O2S. The number of aryl methyl sites for hydroxylation is 1. The van der Waals surface area contributed by atoms with Gasteiger partial charge in [0.05, 0.1) is 0 Å². The predicted octanol–water partition coefficient (Wildman–Crippen LogP) is 1.56. The number of aromatic nitrogens is 1. The van der Waals surface area contributed by atoms with Crippen LogP contribution in [0.2, 0.25) is 0 Å². The third kappa shape index (κ3) is 3.24. The Morgan fingerprint density at radius 1 is 1.45 bits per heavy atom. The second-order valence-corrected chi connectivity index (χ2v) is 7.65. The maximum atomic E-state index is 12.6. The van der Waals surface area contributed by atoms with Crippen molar-refractivity contribution < 1.29 is 8.42 Å². The average Bonchev–Trinajstić information content (AvgIpc) is 2.97. The van der Waals surface area contributed by atoms with Gasteiger partial charge in [-0.1, -0.05) is 13.8 Å². The molecule has 1 fully saturated rings. The van der Waals surface area contributed by atoms with Gasteiger partial charge in [0.15, 0.2) is 0 Å². The molecule has 2 heterocycles. The van der Waals surface area contributed by atoms with E-state index in [4.69, 9.17) is 0 Å². The average molecular weight is 299 g/mol. The van der Waals surface area contributed by atoms with E-state index in [1.807, 2.05) is 11.6 Å². The summed E-state index contributed by atoms with van der Waals surface area (Å²) in [6.07, 6.45) is 3.75. The van der Waals surface area contributed by atoms with Crippen molar-refractivity contribution in [3.05, 3.63) is 18.0 Å². The molecule has 0 spiro atoms. The number of hydrogen-bond donors (Lipinski definition) is 1. The molecule has 0 saturated carbocycles. The summed E-state index contributed by atoms with van der Waals surface area (Å²) in [5.74, 6) is 0.458. The first-order valence-electron chi connectivity index (χ1n) is 7.31. The topological polar surface area (TPSA) is 54.3 Å². The van der Waals surface area contributed by atoms with Crippen LogP contribution in [-0.4, -0.2) is 36.9 Å². The van der Waals surface area contributed by atoms with Crippen molar-refractivity contribution in [3.63, 3.8) is 0 Å². The van der Waals surface area contributed by atoms with Gasteiger partial charge in [-0.25, -0.2) is 8.42 Å². The fourth-order valence-electron chi connectivity index (χ4n) is 2.55. The monoisotopic (exact) mass is 299 g/mol. The molecule has 6 heteroatoms. The van der Waals surface area contributed by atoms with Crippen molar-refractivity contribution in [2.45, 2.75) is 38.1 Å². The summed E-state index contributed by atoms with van der Waals surface area (Å²) < 4.78 is 28.6. The number of rotatable bonds is 6. The highest BCUT2D eigenvalue weighted by molar-refractivity contribution is 7.89. The van der Waals surface area contributed by atoms with Crippen molar-refractivity contribution in [2.24, 2.45) is 13.0 Å². The fourth-order valence-corrected chi connectivity index (χ4v) is 4.22. The molecule has 1 unspecified atom stereocenters.